The van der Waals surface area contributed by atoms with E-state index in [0.29, 0.717) is 12.3 Å². The van der Waals surface area contributed by atoms with Crippen molar-refractivity contribution in [2.24, 2.45) is 5.92 Å². The molecule has 19 heavy (non-hydrogen) atoms. The smallest absolute Gasteiger partial charge is 0.224 e. The van der Waals surface area contributed by atoms with Crippen LogP contribution in [0, 0.1) is 5.92 Å². The number of ether oxygens (including phenoxy) is 1. The highest BCUT2D eigenvalue weighted by atomic mass is 35.5. The van der Waals surface area contributed by atoms with Gasteiger partial charge < -0.3 is 15.4 Å². The molecule has 5 heteroatoms. The van der Waals surface area contributed by atoms with Gasteiger partial charge in [-0.2, -0.15) is 0 Å². The van der Waals surface area contributed by atoms with Gasteiger partial charge in [0.25, 0.3) is 0 Å². The summed E-state index contributed by atoms with van der Waals surface area (Å²) in [7, 11) is 0. The molecule has 3 rings (SSSR count). The van der Waals surface area contributed by atoms with Crippen LogP contribution in [0.3, 0.4) is 0 Å². The molecule has 0 aromatic heterocycles. The highest BCUT2D eigenvalue weighted by molar-refractivity contribution is 5.85. The maximum Gasteiger partial charge on any atom is 0.224 e. The molecule has 2 N–H and O–H groups in total. The maximum atomic E-state index is 11.8. The van der Waals surface area contributed by atoms with E-state index in [1.54, 1.807) is 0 Å². The van der Waals surface area contributed by atoms with Gasteiger partial charge in [-0.3, -0.25) is 4.79 Å². The number of amides is 1. The number of halogens is 1. The van der Waals surface area contributed by atoms with Crippen molar-refractivity contribution >= 4 is 18.3 Å². The fourth-order valence-electron chi connectivity index (χ4n) is 2.35. The highest BCUT2D eigenvalue weighted by Crippen LogP contribution is 2.25. The summed E-state index contributed by atoms with van der Waals surface area (Å²) in [6, 6.07) is 6.04. The predicted octanol–water partition coefficient (Wildman–Crippen LogP) is 0.921. The van der Waals surface area contributed by atoms with Crippen LogP contribution in [0.4, 0.5) is 0 Å². The SMILES string of the molecule is Cl.O=C(Cc1ccc2c(c1)CCO2)NCC1CNC1. The summed E-state index contributed by atoms with van der Waals surface area (Å²) in [5, 5.41) is 6.19. The quantitative estimate of drug-likeness (QED) is 0.864. The third-order valence-electron chi connectivity index (χ3n) is 3.57. The molecule has 2 heterocycles. The zero-order chi connectivity index (χ0) is 12.4. The summed E-state index contributed by atoms with van der Waals surface area (Å²) in [4.78, 5) is 11.8. The van der Waals surface area contributed by atoms with E-state index >= 15 is 0 Å². The van der Waals surface area contributed by atoms with Gasteiger partial charge in [-0.25, -0.2) is 0 Å². The summed E-state index contributed by atoms with van der Waals surface area (Å²) in [6.07, 6.45) is 1.42. The van der Waals surface area contributed by atoms with E-state index in [4.69, 9.17) is 4.74 Å². The summed E-state index contributed by atoms with van der Waals surface area (Å²) in [5.74, 6) is 1.70. The summed E-state index contributed by atoms with van der Waals surface area (Å²) in [6.45, 7) is 3.60. The molecule has 1 saturated heterocycles. The van der Waals surface area contributed by atoms with E-state index in [-0.39, 0.29) is 18.3 Å². The zero-order valence-electron chi connectivity index (χ0n) is 10.8. The monoisotopic (exact) mass is 282 g/mol. The lowest BCUT2D eigenvalue weighted by Crippen LogP contribution is -2.48. The molecule has 104 valence electrons. The lowest BCUT2D eigenvalue weighted by molar-refractivity contribution is -0.120. The van der Waals surface area contributed by atoms with Gasteiger partial charge >= 0.3 is 0 Å². The second-order valence-corrected chi connectivity index (χ2v) is 5.05. The van der Waals surface area contributed by atoms with Crippen molar-refractivity contribution in [1.82, 2.24) is 10.6 Å². The second-order valence-electron chi connectivity index (χ2n) is 5.05. The number of benzene rings is 1. The molecule has 0 saturated carbocycles. The molecule has 0 bridgehead atoms. The number of hydrogen-bond acceptors (Lipinski definition) is 3. The van der Waals surface area contributed by atoms with Crippen LogP contribution in [0.2, 0.25) is 0 Å². The van der Waals surface area contributed by atoms with E-state index in [2.05, 4.69) is 16.7 Å². The van der Waals surface area contributed by atoms with Crippen molar-refractivity contribution in [3.05, 3.63) is 29.3 Å². The van der Waals surface area contributed by atoms with Gasteiger partial charge in [-0.1, -0.05) is 12.1 Å². The summed E-state index contributed by atoms with van der Waals surface area (Å²) < 4.78 is 5.45. The molecular weight excluding hydrogens is 264 g/mol. The van der Waals surface area contributed by atoms with Gasteiger partial charge in [0.2, 0.25) is 5.91 Å². The van der Waals surface area contributed by atoms with Gasteiger partial charge in [0.05, 0.1) is 13.0 Å². The van der Waals surface area contributed by atoms with Gasteiger partial charge in [-0.05, 0) is 17.2 Å². The van der Waals surface area contributed by atoms with Crippen LogP contribution in [-0.4, -0.2) is 32.1 Å². The van der Waals surface area contributed by atoms with E-state index in [1.165, 1.54) is 5.56 Å². The summed E-state index contributed by atoms with van der Waals surface area (Å²) in [5.41, 5.74) is 2.30. The number of hydrogen-bond donors (Lipinski definition) is 2. The van der Waals surface area contributed by atoms with Crippen molar-refractivity contribution in [1.29, 1.82) is 0 Å². The molecule has 4 nitrogen and oxygen atoms in total. The predicted molar refractivity (Wildman–Crippen MR) is 76.0 cm³/mol. The largest absolute Gasteiger partial charge is 0.493 e. The molecule has 0 aliphatic carbocycles. The van der Waals surface area contributed by atoms with E-state index in [9.17, 15) is 4.79 Å². The normalized spacial score (nSPS) is 16.8. The standard InChI is InChI=1S/C14H18N2O2.ClH/c17-14(16-9-11-7-15-8-11)6-10-1-2-13-12(5-10)3-4-18-13;/h1-2,5,11,15H,3-4,6-9H2,(H,16,17);1H. The highest BCUT2D eigenvalue weighted by Gasteiger charge is 2.17. The number of carbonyl (C=O) groups is 1. The Morgan fingerprint density at radius 2 is 2.26 bits per heavy atom. The first-order valence-electron chi connectivity index (χ1n) is 6.53. The minimum atomic E-state index is 0. The molecule has 0 spiro atoms. The van der Waals surface area contributed by atoms with Gasteiger partial charge in [0, 0.05) is 32.0 Å². The molecule has 1 amide bonds. The average molecular weight is 283 g/mol. The first-order chi connectivity index (χ1) is 8.81. The van der Waals surface area contributed by atoms with Crippen LogP contribution >= 0.6 is 12.4 Å². The first-order valence-corrected chi connectivity index (χ1v) is 6.53. The number of carbonyl (C=O) groups excluding carboxylic acids is 1. The fraction of sp³-hybridized carbons (Fsp3) is 0.500. The Bertz CT molecular complexity index is 461. The van der Waals surface area contributed by atoms with Gasteiger partial charge in [0.15, 0.2) is 0 Å². The average Bonchev–Trinajstić information content (AvgIpc) is 2.74. The second kappa shape index (κ2) is 6.26. The van der Waals surface area contributed by atoms with Gasteiger partial charge in [-0.15, -0.1) is 12.4 Å². The number of rotatable bonds is 4. The van der Waals surface area contributed by atoms with Crippen molar-refractivity contribution in [3.63, 3.8) is 0 Å². The molecular formula is C14H19ClN2O2. The Balaban J connectivity index is 0.00000133. The molecule has 0 atom stereocenters. The number of fused-ring (bicyclic) bond motifs is 1. The van der Waals surface area contributed by atoms with Crippen LogP contribution in [0.15, 0.2) is 18.2 Å². The Morgan fingerprint density at radius 1 is 1.42 bits per heavy atom. The minimum Gasteiger partial charge on any atom is -0.493 e. The first kappa shape index (κ1) is 14.2. The van der Waals surface area contributed by atoms with Crippen LogP contribution in [0.1, 0.15) is 11.1 Å². The Labute approximate surface area is 119 Å². The molecule has 1 aromatic rings. The lowest BCUT2D eigenvalue weighted by atomic mass is 10.0. The van der Waals surface area contributed by atoms with Gasteiger partial charge in [0.1, 0.15) is 5.75 Å². The third kappa shape index (κ3) is 3.39. The Kier molecular flexibility index (Phi) is 4.66. The number of nitrogens with one attached hydrogen (secondary N) is 2. The van der Waals surface area contributed by atoms with Crippen molar-refractivity contribution in [2.75, 3.05) is 26.2 Å². The third-order valence-corrected chi connectivity index (χ3v) is 3.57. The van der Waals surface area contributed by atoms with E-state index in [0.717, 1.165) is 44.0 Å². The van der Waals surface area contributed by atoms with Crippen LogP contribution in [0.5, 0.6) is 5.75 Å². The zero-order valence-corrected chi connectivity index (χ0v) is 11.6. The molecule has 0 unspecified atom stereocenters. The van der Waals surface area contributed by atoms with Crippen molar-refractivity contribution < 1.29 is 9.53 Å². The van der Waals surface area contributed by atoms with Crippen molar-refractivity contribution in [3.8, 4) is 5.75 Å². The van der Waals surface area contributed by atoms with Crippen molar-refractivity contribution in [2.45, 2.75) is 12.8 Å². The topological polar surface area (TPSA) is 50.4 Å². The minimum absolute atomic E-state index is 0. The van der Waals surface area contributed by atoms with Crippen LogP contribution in [0.25, 0.3) is 0 Å². The molecule has 2 aliphatic rings. The fourth-order valence-corrected chi connectivity index (χ4v) is 2.35. The molecule has 0 radical (unpaired) electrons. The lowest BCUT2D eigenvalue weighted by Gasteiger charge is -2.27. The Hall–Kier alpha value is -1.26. The Morgan fingerprint density at radius 3 is 3.00 bits per heavy atom. The molecule has 1 fully saturated rings. The summed E-state index contributed by atoms with van der Waals surface area (Å²) >= 11 is 0. The van der Waals surface area contributed by atoms with Crippen LogP contribution < -0.4 is 15.4 Å². The van der Waals surface area contributed by atoms with E-state index in [1.807, 2.05) is 12.1 Å². The molecule has 2 aliphatic heterocycles. The maximum absolute atomic E-state index is 11.8. The van der Waals surface area contributed by atoms with Crippen LogP contribution in [-0.2, 0) is 17.6 Å². The van der Waals surface area contributed by atoms with E-state index < -0.39 is 0 Å². The molecule has 1 aromatic carbocycles.